The van der Waals surface area contributed by atoms with E-state index in [1.54, 1.807) is 0 Å². The second-order valence-corrected chi connectivity index (χ2v) is 2.79. The normalized spacial score (nSPS) is 8.77. The molecule has 13 heavy (non-hydrogen) atoms. The molecule has 0 aliphatic rings. The minimum absolute atomic E-state index is 0.672. The van der Waals surface area contributed by atoms with Crippen LogP contribution in [0.4, 0.5) is 0 Å². The van der Waals surface area contributed by atoms with Gasteiger partial charge in [-0.1, -0.05) is 18.2 Å². The van der Waals surface area contributed by atoms with Gasteiger partial charge in [0.05, 0.1) is 6.61 Å². The minimum atomic E-state index is 0.672. The second kappa shape index (κ2) is 5.27. The van der Waals surface area contributed by atoms with Crippen LogP contribution in [-0.4, -0.2) is 6.61 Å². The molecule has 0 saturated heterocycles. The Morgan fingerprint density at radius 3 is 2.77 bits per heavy atom. The summed E-state index contributed by atoms with van der Waals surface area (Å²) >= 11 is 0. The zero-order valence-corrected chi connectivity index (χ0v) is 8.13. The summed E-state index contributed by atoms with van der Waals surface area (Å²) in [5.41, 5.74) is 1.17. The van der Waals surface area contributed by atoms with Gasteiger partial charge >= 0.3 is 0 Å². The van der Waals surface area contributed by atoms with E-state index in [0.717, 1.165) is 12.2 Å². The molecule has 0 fully saturated rings. The Kier molecular flexibility index (Phi) is 3.92. The summed E-state index contributed by atoms with van der Waals surface area (Å²) in [6.07, 6.45) is 0.796. The third-order valence-corrected chi connectivity index (χ3v) is 1.75. The Labute approximate surface area is 79.7 Å². The number of benzene rings is 1. The Morgan fingerprint density at radius 2 is 2.08 bits per heavy atom. The zero-order chi connectivity index (χ0) is 9.52. The summed E-state index contributed by atoms with van der Waals surface area (Å²) in [6.45, 7) is 4.56. The van der Waals surface area contributed by atoms with Crippen molar-refractivity contribution in [3.63, 3.8) is 0 Å². The molecule has 0 bridgehead atoms. The third kappa shape index (κ3) is 3.21. The Hall–Kier alpha value is -1.42. The predicted molar refractivity (Wildman–Crippen MR) is 54.7 cm³/mol. The van der Waals surface area contributed by atoms with E-state index in [4.69, 9.17) is 4.74 Å². The van der Waals surface area contributed by atoms with Crippen molar-refractivity contribution in [2.75, 3.05) is 6.61 Å². The molecule has 0 aromatic heterocycles. The van der Waals surface area contributed by atoms with E-state index in [1.807, 2.05) is 38.1 Å². The van der Waals surface area contributed by atoms with Crippen molar-refractivity contribution in [1.29, 1.82) is 0 Å². The minimum Gasteiger partial charge on any atom is -0.492 e. The lowest BCUT2D eigenvalue weighted by Crippen LogP contribution is -1.97. The first kappa shape index (κ1) is 9.67. The van der Waals surface area contributed by atoms with Crippen molar-refractivity contribution in [3.8, 4) is 17.6 Å². The summed E-state index contributed by atoms with van der Waals surface area (Å²) in [5.74, 6) is 6.76. The highest BCUT2D eigenvalue weighted by Gasteiger charge is 1.95. The van der Waals surface area contributed by atoms with Gasteiger partial charge in [0.2, 0.25) is 0 Å². The molecule has 0 amide bonds. The molecule has 0 saturated carbocycles. The number of aryl methyl sites for hydroxylation is 1. The van der Waals surface area contributed by atoms with Crippen LogP contribution in [0, 0.1) is 18.8 Å². The number of ether oxygens (including phenoxy) is 1. The van der Waals surface area contributed by atoms with E-state index >= 15 is 0 Å². The molecule has 0 aliphatic heterocycles. The molecule has 0 unspecified atom stereocenters. The van der Waals surface area contributed by atoms with Gasteiger partial charge in [-0.3, -0.25) is 0 Å². The molecule has 0 heterocycles. The zero-order valence-electron chi connectivity index (χ0n) is 8.13. The molecular formula is C12H14O. The van der Waals surface area contributed by atoms with Crippen molar-refractivity contribution in [1.82, 2.24) is 0 Å². The lowest BCUT2D eigenvalue weighted by Gasteiger charge is -2.06. The van der Waals surface area contributed by atoms with E-state index in [0.29, 0.717) is 6.61 Å². The number of hydrogen-bond acceptors (Lipinski definition) is 1. The quantitative estimate of drug-likeness (QED) is 0.505. The lowest BCUT2D eigenvalue weighted by molar-refractivity contribution is 0.325. The molecule has 0 radical (unpaired) electrons. The van der Waals surface area contributed by atoms with Gasteiger partial charge in [0.1, 0.15) is 5.75 Å². The van der Waals surface area contributed by atoms with Crippen LogP contribution in [0.25, 0.3) is 0 Å². The first-order valence-electron chi connectivity index (χ1n) is 4.42. The van der Waals surface area contributed by atoms with Crippen LogP contribution < -0.4 is 4.74 Å². The van der Waals surface area contributed by atoms with Gasteiger partial charge in [-0.2, -0.15) is 0 Å². The van der Waals surface area contributed by atoms with Gasteiger partial charge in [0.25, 0.3) is 0 Å². The molecule has 0 N–H and O–H groups in total. The molecule has 1 aromatic carbocycles. The fourth-order valence-corrected chi connectivity index (χ4v) is 1.06. The number of para-hydroxylation sites is 1. The summed E-state index contributed by atoms with van der Waals surface area (Å²) in [7, 11) is 0. The van der Waals surface area contributed by atoms with Crippen molar-refractivity contribution >= 4 is 0 Å². The van der Waals surface area contributed by atoms with Gasteiger partial charge in [-0.25, -0.2) is 0 Å². The SMILES string of the molecule is CC#CCCOc1ccccc1C. The maximum absolute atomic E-state index is 5.54. The topological polar surface area (TPSA) is 9.23 Å². The molecule has 1 rings (SSSR count). The average Bonchev–Trinajstić information content (AvgIpc) is 2.15. The summed E-state index contributed by atoms with van der Waals surface area (Å²) in [4.78, 5) is 0. The number of hydrogen-bond donors (Lipinski definition) is 0. The molecule has 1 heteroatoms. The summed E-state index contributed by atoms with van der Waals surface area (Å²) in [5, 5.41) is 0. The monoisotopic (exact) mass is 174 g/mol. The molecule has 0 spiro atoms. The Morgan fingerprint density at radius 1 is 1.31 bits per heavy atom. The fourth-order valence-electron chi connectivity index (χ4n) is 1.06. The van der Waals surface area contributed by atoms with Crippen LogP contribution in [0.2, 0.25) is 0 Å². The molecule has 1 nitrogen and oxygen atoms in total. The lowest BCUT2D eigenvalue weighted by atomic mass is 10.2. The number of rotatable bonds is 3. The molecular weight excluding hydrogens is 160 g/mol. The van der Waals surface area contributed by atoms with Crippen LogP contribution >= 0.6 is 0 Å². The van der Waals surface area contributed by atoms with Gasteiger partial charge in [-0.05, 0) is 25.5 Å². The maximum atomic E-state index is 5.54. The summed E-state index contributed by atoms with van der Waals surface area (Å²) in [6, 6.07) is 8.01. The largest absolute Gasteiger partial charge is 0.492 e. The standard InChI is InChI=1S/C12H14O/c1-3-4-7-10-13-12-9-6-5-8-11(12)2/h5-6,8-9H,7,10H2,1-2H3. The Balaban J connectivity index is 2.44. The average molecular weight is 174 g/mol. The van der Waals surface area contributed by atoms with E-state index in [2.05, 4.69) is 11.8 Å². The van der Waals surface area contributed by atoms with E-state index in [1.165, 1.54) is 5.56 Å². The predicted octanol–water partition coefficient (Wildman–Crippen LogP) is 2.79. The van der Waals surface area contributed by atoms with Crippen molar-refractivity contribution in [2.45, 2.75) is 20.3 Å². The maximum Gasteiger partial charge on any atom is 0.122 e. The van der Waals surface area contributed by atoms with Crippen molar-refractivity contribution in [2.24, 2.45) is 0 Å². The molecule has 1 aromatic rings. The third-order valence-electron chi connectivity index (χ3n) is 1.75. The van der Waals surface area contributed by atoms with Crippen LogP contribution in [0.5, 0.6) is 5.75 Å². The van der Waals surface area contributed by atoms with Crippen LogP contribution in [0.15, 0.2) is 24.3 Å². The van der Waals surface area contributed by atoms with Gasteiger partial charge in [-0.15, -0.1) is 11.8 Å². The van der Waals surface area contributed by atoms with Crippen LogP contribution in [0.1, 0.15) is 18.9 Å². The smallest absolute Gasteiger partial charge is 0.122 e. The fraction of sp³-hybridized carbons (Fsp3) is 0.333. The highest BCUT2D eigenvalue weighted by atomic mass is 16.5. The second-order valence-electron chi connectivity index (χ2n) is 2.79. The highest BCUT2D eigenvalue weighted by Crippen LogP contribution is 2.15. The van der Waals surface area contributed by atoms with Gasteiger partial charge in [0, 0.05) is 6.42 Å². The van der Waals surface area contributed by atoms with Crippen LogP contribution in [0.3, 0.4) is 0 Å². The van der Waals surface area contributed by atoms with Crippen molar-refractivity contribution < 1.29 is 4.74 Å². The molecule has 0 aliphatic carbocycles. The molecule has 0 atom stereocenters. The van der Waals surface area contributed by atoms with Crippen molar-refractivity contribution in [3.05, 3.63) is 29.8 Å². The first-order chi connectivity index (χ1) is 6.34. The van der Waals surface area contributed by atoms with Gasteiger partial charge < -0.3 is 4.74 Å². The van der Waals surface area contributed by atoms with E-state index in [9.17, 15) is 0 Å². The first-order valence-corrected chi connectivity index (χ1v) is 4.42. The van der Waals surface area contributed by atoms with E-state index < -0.39 is 0 Å². The molecule has 68 valence electrons. The Bertz CT molecular complexity index is 317. The summed E-state index contributed by atoms with van der Waals surface area (Å²) < 4.78 is 5.54. The van der Waals surface area contributed by atoms with Crippen LogP contribution in [-0.2, 0) is 0 Å². The highest BCUT2D eigenvalue weighted by molar-refractivity contribution is 5.31. The van der Waals surface area contributed by atoms with E-state index in [-0.39, 0.29) is 0 Å². The van der Waals surface area contributed by atoms with Gasteiger partial charge in [0.15, 0.2) is 0 Å².